The number of imidazole rings is 1. The lowest BCUT2D eigenvalue weighted by Gasteiger charge is -2.02. The maximum Gasteiger partial charge on any atom is 0.198 e. The van der Waals surface area contributed by atoms with E-state index in [-0.39, 0.29) is 5.78 Å². The third-order valence-corrected chi connectivity index (χ3v) is 2.78. The molecule has 3 nitrogen and oxygen atoms in total. The van der Waals surface area contributed by atoms with Gasteiger partial charge in [-0.1, -0.05) is 30.3 Å². The molecule has 0 bridgehead atoms. The van der Waals surface area contributed by atoms with Gasteiger partial charge in [0.2, 0.25) is 0 Å². The van der Waals surface area contributed by atoms with Crippen molar-refractivity contribution in [3.63, 3.8) is 0 Å². The lowest BCUT2D eigenvalue weighted by atomic mass is 10.1. The highest BCUT2D eigenvalue weighted by atomic mass is 16.1. The summed E-state index contributed by atoms with van der Waals surface area (Å²) in [6.45, 7) is 0. The average Bonchev–Trinajstić information content (AvgIpc) is 2.77. The van der Waals surface area contributed by atoms with E-state index >= 15 is 0 Å². The van der Waals surface area contributed by atoms with Crippen molar-refractivity contribution in [1.29, 1.82) is 0 Å². The molecule has 0 fully saturated rings. The Kier molecular flexibility index (Phi) is 3.70. The number of carbonyl (C=O) groups excluding carboxylic acids is 1. The molecule has 0 saturated carbocycles. The molecule has 0 N–H and O–H groups in total. The van der Waals surface area contributed by atoms with Crippen LogP contribution in [0.5, 0.6) is 0 Å². The third kappa shape index (κ3) is 3.03. The van der Waals surface area contributed by atoms with Gasteiger partial charge < -0.3 is 4.57 Å². The van der Waals surface area contributed by atoms with Crippen molar-refractivity contribution in [3.8, 4) is 0 Å². The predicted molar refractivity (Wildman–Crippen MR) is 66.9 cm³/mol. The lowest BCUT2D eigenvalue weighted by molar-refractivity contribution is 0.0967. The number of aromatic nitrogens is 2. The van der Waals surface area contributed by atoms with Gasteiger partial charge in [-0.05, 0) is 18.4 Å². The van der Waals surface area contributed by atoms with Gasteiger partial charge in [0.1, 0.15) is 0 Å². The van der Waals surface area contributed by atoms with E-state index in [0.717, 1.165) is 12.8 Å². The van der Waals surface area contributed by atoms with Crippen molar-refractivity contribution in [1.82, 2.24) is 9.55 Å². The molecule has 3 heteroatoms. The van der Waals surface area contributed by atoms with Crippen LogP contribution in [0.4, 0.5) is 0 Å². The molecule has 1 aromatic carbocycles. The Morgan fingerprint density at radius 3 is 2.71 bits per heavy atom. The monoisotopic (exact) mass is 228 g/mol. The van der Waals surface area contributed by atoms with Crippen molar-refractivity contribution in [2.24, 2.45) is 7.05 Å². The zero-order valence-electron chi connectivity index (χ0n) is 9.97. The molecule has 0 radical (unpaired) electrons. The largest absolute Gasteiger partial charge is 0.332 e. The smallest absolute Gasteiger partial charge is 0.198 e. The van der Waals surface area contributed by atoms with Crippen molar-refractivity contribution in [3.05, 3.63) is 54.1 Å². The van der Waals surface area contributed by atoms with Crippen LogP contribution in [0, 0.1) is 0 Å². The van der Waals surface area contributed by atoms with Crippen molar-refractivity contribution in [2.45, 2.75) is 19.3 Å². The number of carbonyl (C=O) groups is 1. The van der Waals surface area contributed by atoms with Crippen LogP contribution in [0.15, 0.2) is 42.7 Å². The number of aryl methyl sites for hydroxylation is 2. The fraction of sp³-hybridized carbons (Fsp3) is 0.286. The summed E-state index contributed by atoms with van der Waals surface area (Å²) >= 11 is 0. The second-order valence-electron chi connectivity index (χ2n) is 4.12. The Morgan fingerprint density at radius 1 is 1.29 bits per heavy atom. The van der Waals surface area contributed by atoms with Crippen molar-refractivity contribution in [2.75, 3.05) is 0 Å². The SMILES string of the molecule is Cn1ccnc1C(=O)CCCc1ccccc1. The highest BCUT2D eigenvalue weighted by molar-refractivity contribution is 5.92. The molecule has 1 heterocycles. The first-order valence-corrected chi connectivity index (χ1v) is 5.82. The van der Waals surface area contributed by atoms with Crippen molar-refractivity contribution < 1.29 is 4.79 Å². The molecular formula is C14H16N2O. The lowest BCUT2D eigenvalue weighted by Crippen LogP contribution is -2.07. The quantitative estimate of drug-likeness (QED) is 0.737. The van der Waals surface area contributed by atoms with E-state index in [1.54, 1.807) is 17.0 Å². The number of hydrogen-bond acceptors (Lipinski definition) is 2. The van der Waals surface area contributed by atoms with Gasteiger partial charge in [-0.15, -0.1) is 0 Å². The molecule has 1 aromatic heterocycles. The maximum atomic E-state index is 11.8. The van der Waals surface area contributed by atoms with Crippen LogP contribution < -0.4 is 0 Å². The highest BCUT2D eigenvalue weighted by Crippen LogP contribution is 2.07. The van der Waals surface area contributed by atoms with E-state index in [2.05, 4.69) is 17.1 Å². The standard InChI is InChI=1S/C14H16N2O/c1-16-11-10-15-14(16)13(17)9-5-8-12-6-3-2-4-7-12/h2-4,6-7,10-11H,5,8-9H2,1H3. The Balaban J connectivity index is 1.84. The number of benzene rings is 1. The van der Waals surface area contributed by atoms with E-state index in [9.17, 15) is 4.79 Å². The first-order chi connectivity index (χ1) is 8.27. The summed E-state index contributed by atoms with van der Waals surface area (Å²) in [6, 6.07) is 10.2. The minimum atomic E-state index is 0.119. The fourth-order valence-electron chi connectivity index (χ4n) is 1.84. The van der Waals surface area contributed by atoms with Gasteiger partial charge in [0.05, 0.1) is 0 Å². The van der Waals surface area contributed by atoms with Gasteiger partial charge in [-0.3, -0.25) is 4.79 Å². The van der Waals surface area contributed by atoms with Gasteiger partial charge in [-0.2, -0.15) is 0 Å². The van der Waals surface area contributed by atoms with Crippen LogP contribution in [-0.4, -0.2) is 15.3 Å². The van der Waals surface area contributed by atoms with Crippen LogP contribution in [0.3, 0.4) is 0 Å². The van der Waals surface area contributed by atoms with Crippen LogP contribution in [0.25, 0.3) is 0 Å². The van der Waals surface area contributed by atoms with E-state index < -0.39 is 0 Å². The first-order valence-electron chi connectivity index (χ1n) is 5.82. The summed E-state index contributed by atoms with van der Waals surface area (Å²) in [7, 11) is 1.84. The summed E-state index contributed by atoms with van der Waals surface area (Å²) in [5, 5.41) is 0. The molecule has 0 amide bonds. The summed E-state index contributed by atoms with van der Waals surface area (Å²) in [5.74, 6) is 0.673. The molecule has 0 spiro atoms. The second-order valence-corrected chi connectivity index (χ2v) is 4.12. The van der Waals surface area contributed by atoms with Crippen LogP contribution in [-0.2, 0) is 13.5 Å². The summed E-state index contributed by atoms with van der Waals surface area (Å²) < 4.78 is 1.77. The average molecular weight is 228 g/mol. The van der Waals surface area contributed by atoms with E-state index in [4.69, 9.17) is 0 Å². The second kappa shape index (κ2) is 5.43. The maximum absolute atomic E-state index is 11.8. The topological polar surface area (TPSA) is 34.9 Å². The van der Waals surface area contributed by atoms with Crippen molar-refractivity contribution >= 4 is 5.78 Å². The summed E-state index contributed by atoms with van der Waals surface area (Å²) in [4.78, 5) is 15.9. The molecule has 0 aliphatic rings. The van der Waals surface area contributed by atoms with Gasteiger partial charge in [-0.25, -0.2) is 4.98 Å². The summed E-state index contributed by atoms with van der Waals surface area (Å²) in [6.07, 6.45) is 5.82. The normalized spacial score (nSPS) is 10.4. The number of ketones is 1. The molecule has 0 unspecified atom stereocenters. The molecule has 2 aromatic rings. The number of rotatable bonds is 5. The third-order valence-electron chi connectivity index (χ3n) is 2.78. The Bertz CT molecular complexity index is 488. The number of Topliss-reactive ketones (excluding diaryl/α,β-unsaturated/α-hetero) is 1. The summed E-state index contributed by atoms with van der Waals surface area (Å²) in [5.41, 5.74) is 1.28. The van der Waals surface area contributed by atoms with Gasteiger partial charge in [0, 0.05) is 25.9 Å². The van der Waals surface area contributed by atoms with Crippen LogP contribution >= 0.6 is 0 Å². The number of hydrogen-bond donors (Lipinski definition) is 0. The first kappa shape index (κ1) is 11.6. The zero-order valence-corrected chi connectivity index (χ0v) is 9.97. The molecular weight excluding hydrogens is 212 g/mol. The molecule has 0 aliphatic heterocycles. The Labute approximate surface area is 101 Å². The highest BCUT2D eigenvalue weighted by Gasteiger charge is 2.09. The Morgan fingerprint density at radius 2 is 2.06 bits per heavy atom. The van der Waals surface area contributed by atoms with E-state index in [1.807, 2.05) is 25.2 Å². The minimum Gasteiger partial charge on any atom is -0.332 e. The van der Waals surface area contributed by atoms with Gasteiger partial charge in [0.25, 0.3) is 0 Å². The minimum absolute atomic E-state index is 0.119. The van der Waals surface area contributed by atoms with Crippen LogP contribution in [0.2, 0.25) is 0 Å². The molecule has 2 rings (SSSR count). The molecule has 0 aliphatic carbocycles. The molecule has 0 atom stereocenters. The van der Waals surface area contributed by atoms with Crippen LogP contribution in [0.1, 0.15) is 29.0 Å². The number of nitrogens with zero attached hydrogens (tertiary/aromatic N) is 2. The van der Waals surface area contributed by atoms with Gasteiger partial charge >= 0.3 is 0 Å². The zero-order chi connectivity index (χ0) is 12.1. The molecule has 88 valence electrons. The molecule has 0 saturated heterocycles. The van der Waals surface area contributed by atoms with Gasteiger partial charge in [0.15, 0.2) is 11.6 Å². The molecule has 17 heavy (non-hydrogen) atoms. The predicted octanol–water partition coefficient (Wildman–Crippen LogP) is 2.63. The van der Waals surface area contributed by atoms with E-state index in [1.165, 1.54) is 5.56 Å². The van der Waals surface area contributed by atoms with E-state index in [0.29, 0.717) is 12.2 Å². The fourth-order valence-corrected chi connectivity index (χ4v) is 1.84. The Hall–Kier alpha value is -1.90.